The lowest BCUT2D eigenvalue weighted by atomic mass is 9.91. The molecule has 1 aromatic carbocycles. The average molecular weight is 404 g/mol. The highest BCUT2D eigenvalue weighted by Crippen LogP contribution is 2.32. The van der Waals surface area contributed by atoms with Gasteiger partial charge in [-0.3, -0.25) is 0 Å². The van der Waals surface area contributed by atoms with Gasteiger partial charge in [0.25, 0.3) is 0 Å². The molecule has 1 fully saturated rings. The van der Waals surface area contributed by atoms with E-state index in [0.29, 0.717) is 12.1 Å². The van der Waals surface area contributed by atoms with E-state index in [9.17, 15) is 13.2 Å². The lowest BCUT2D eigenvalue weighted by molar-refractivity contribution is -0.306. The number of nitrogens with zero attached hydrogens (tertiary/aromatic N) is 3. The summed E-state index contributed by atoms with van der Waals surface area (Å²) >= 11 is 0. The minimum Gasteiger partial charge on any atom is -0.410 e. The van der Waals surface area contributed by atoms with Crippen LogP contribution in [0.2, 0.25) is 0 Å². The summed E-state index contributed by atoms with van der Waals surface area (Å²) in [5, 5.41) is 4.46. The van der Waals surface area contributed by atoms with Crippen LogP contribution in [0.3, 0.4) is 0 Å². The maximum atomic E-state index is 12.6. The number of allylic oxidation sites excluding steroid dienone is 4. The number of nitrogens with one attached hydrogen (secondary N) is 1. The zero-order valence-electron chi connectivity index (χ0n) is 16.2. The number of hydrazone groups is 1. The fourth-order valence-electron chi connectivity index (χ4n) is 3.71. The smallest absolute Gasteiger partial charge is 0.410 e. The van der Waals surface area contributed by atoms with Crippen molar-refractivity contribution >= 4 is 11.4 Å². The molecule has 0 saturated carbocycles. The standard InChI is InChI=1S/C21H23F3N4O/c1-27-10-12-28(13-11-27)17-4-2-15(3-5-17)20-19-7-6-18(29-21(22,23)24)14-16(19)8-9-25-26-20/h2-5,7-8,14,25H,6,9-13H2,1H3. The maximum absolute atomic E-state index is 12.6. The van der Waals surface area contributed by atoms with Crippen molar-refractivity contribution in [3.8, 4) is 0 Å². The molecule has 0 unspecified atom stereocenters. The fourth-order valence-corrected chi connectivity index (χ4v) is 3.71. The SMILES string of the molecule is CN1CCN(c2ccc(C3=NNCC=C4C=C(OC(F)(F)F)CC=C43)cc2)CC1. The number of anilines is 1. The average Bonchev–Trinajstić information content (AvgIpc) is 2.89. The molecule has 0 atom stereocenters. The fraction of sp³-hybridized carbons (Fsp3) is 0.381. The van der Waals surface area contributed by atoms with Gasteiger partial charge >= 0.3 is 6.36 Å². The van der Waals surface area contributed by atoms with E-state index >= 15 is 0 Å². The molecular formula is C21H23F3N4O. The number of fused-ring (bicyclic) bond motifs is 1. The van der Waals surface area contributed by atoms with Crippen LogP contribution in [0.4, 0.5) is 18.9 Å². The van der Waals surface area contributed by atoms with E-state index in [4.69, 9.17) is 0 Å². The summed E-state index contributed by atoms with van der Waals surface area (Å²) in [5.74, 6) is -0.112. The number of rotatable bonds is 3. The second kappa shape index (κ2) is 7.94. The number of alkyl halides is 3. The number of benzene rings is 1. The second-order valence-corrected chi connectivity index (χ2v) is 7.30. The Morgan fingerprint density at radius 2 is 1.76 bits per heavy atom. The third-order valence-corrected chi connectivity index (χ3v) is 5.25. The van der Waals surface area contributed by atoms with Gasteiger partial charge in [-0.05, 0) is 30.8 Å². The van der Waals surface area contributed by atoms with Crippen molar-refractivity contribution in [1.29, 1.82) is 0 Å². The minimum absolute atomic E-state index is 0.0740. The Morgan fingerprint density at radius 1 is 1.03 bits per heavy atom. The molecule has 1 aromatic rings. The number of piperazine rings is 1. The van der Waals surface area contributed by atoms with Crippen molar-refractivity contribution in [2.75, 3.05) is 44.7 Å². The molecular weight excluding hydrogens is 381 g/mol. The van der Waals surface area contributed by atoms with E-state index in [0.717, 1.165) is 48.7 Å². The molecule has 1 aliphatic carbocycles. The van der Waals surface area contributed by atoms with Crippen molar-refractivity contribution in [2.45, 2.75) is 12.8 Å². The molecule has 1 saturated heterocycles. The minimum atomic E-state index is -4.68. The molecule has 3 aliphatic rings. The number of hydrogen-bond donors (Lipinski definition) is 1. The molecule has 4 rings (SSSR count). The van der Waals surface area contributed by atoms with Gasteiger partial charge in [-0.1, -0.05) is 24.3 Å². The molecule has 0 amide bonds. The summed E-state index contributed by atoms with van der Waals surface area (Å²) in [6, 6.07) is 8.19. The predicted octanol–water partition coefficient (Wildman–Crippen LogP) is 3.42. The van der Waals surface area contributed by atoms with Crippen LogP contribution < -0.4 is 10.3 Å². The monoisotopic (exact) mass is 404 g/mol. The van der Waals surface area contributed by atoms with Gasteiger partial charge in [0.15, 0.2) is 0 Å². The van der Waals surface area contributed by atoms with E-state index in [1.54, 1.807) is 6.08 Å². The van der Waals surface area contributed by atoms with Crippen LogP contribution in [0.1, 0.15) is 12.0 Å². The Hall–Kier alpha value is -2.74. The number of halogens is 3. The van der Waals surface area contributed by atoms with Crippen molar-refractivity contribution in [2.24, 2.45) is 5.10 Å². The van der Waals surface area contributed by atoms with E-state index < -0.39 is 6.36 Å². The van der Waals surface area contributed by atoms with Crippen molar-refractivity contribution in [1.82, 2.24) is 10.3 Å². The Bertz CT molecular complexity index is 876. The Morgan fingerprint density at radius 3 is 2.45 bits per heavy atom. The van der Waals surface area contributed by atoms with Gasteiger partial charge in [-0.2, -0.15) is 5.10 Å². The molecule has 0 spiro atoms. The van der Waals surface area contributed by atoms with Crippen molar-refractivity contribution in [3.05, 3.63) is 65.0 Å². The van der Waals surface area contributed by atoms with Gasteiger partial charge in [0.2, 0.25) is 0 Å². The van der Waals surface area contributed by atoms with Gasteiger partial charge in [-0.15, -0.1) is 13.2 Å². The van der Waals surface area contributed by atoms with Crippen LogP contribution in [-0.2, 0) is 4.74 Å². The Balaban J connectivity index is 1.53. The summed E-state index contributed by atoms with van der Waals surface area (Å²) in [6.07, 6.45) is 0.401. The first-order valence-electron chi connectivity index (χ1n) is 9.61. The van der Waals surface area contributed by atoms with Crippen LogP contribution in [0.15, 0.2) is 64.5 Å². The summed E-state index contributed by atoms with van der Waals surface area (Å²) in [6.45, 7) is 4.49. The molecule has 2 heterocycles. The van der Waals surface area contributed by atoms with E-state index in [-0.39, 0.29) is 12.2 Å². The molecule has 0 aromatic heterocycles. The van der Waals surface area contributed by atoms with Crippen molar-refractivity contribution in [3.63, 3.8) is 0 Å². The highest BCUT2D eigenvalue weighted by molar-refractivity contribution is 6.16. The summed E-state index contributed by atoms with van der Waals surface area (Å²) in [7, 11) is 2.13. The van der Waals surface area contributed by atoms with Crippen LogP contribution in [0.25, 0.3) is 0 Å². The molecule has 1 N–H and O–H groups in total. The maximum Gasteiger partial charge on any atom is 0.572 e. The normalized spacial score (nSPS) is 20.5. The molecule has 5 nitrogen and oxygen atoms in total. The van der Waals surface area contributed by atoms with Crippen molar-refractivity contribution < 1.29 is 17.9 Å². The van der Waals surface area contributed by atoms with E-state index in [1.165, 1.54) is 6.08 Å². The summed E-state index contributed by atoms with van der Waals surface area (Å²) < 4.78 is 41.8. The van der Waals surface area contributed by atoms with Gasteiger partial charge in [0, 0.05) is 49.4 Å². The first-order valence-corrected chi connectivity index (χ1v) is 9.61. The van der Waals surface area contributed by atoms with Crippen LogP contribution in [0, 0.1) is 0 Å². The summed E-state index contributed by atoms with van der Waals surface area (Å²) in [5.41, 5.74) is 7.27. The molecule has 8 heteroatoms. The largest absolute Gasteiger partial charge is 0.572 e. The van der Waals surface area contributed by atoms with Crippen LogP contribution >= 0.6 is 0 Å². The lowest BCUT2D eigenvalue weighted by Gasteiger charge is -2.34. The van der Waals surface area contributed by atoms with Gasteiger partial charge in [-0.25, -0.2) is 0 Å². The lowest BCUT2D eigenvalue weighted by Crippen LogP contribution is -2.44. The van der Waals surface area contributed by atoms with E-state index in [1.807, 2.05) is 18.2 Å². The van der Waals surface area contributed by atoms with Crippen LogP contribution in [-0.4, -0.2) is 56.7 Å². The highest BCUT2D eigenvalue weighted by atomic mass is 19.4. The summed E-state index contributed by atoms with van der Waals surface area (Å²) in [4.78, 5) is 4.66. The molecule has 0 radical (unpaired) electrons. The zero-order chi connectivity index (χ0) is 20.4. The first kappa shape index (κ1) is 19.6. The van der Waals surface area contributed by atoms with Gasteiger partial charge in [0.05, 0.1) is 12.3 Å². The number of ether oxygens (including phenoxy) is 1. The van der Waals surface area contributed by atoms with Gasteiger partial charge < -0.3 is 20.0 Å². The van der Waals surface area contributed by atoms with E-state index in [2.05, 4.69) is 44.2 Å². The molecule has 29 heavy (non-hydrogen) atoms. The Labute approximate surface area is 167 Å². The quantitative estimate of drug-likeness (QED) is 0.838. The third kappa shape index (κ3) is 4.64. The topological polar surface area (TPSA) is 40.1 Å². The Kier molecular flexibility index (Phi) is 5.36. The highest BCUT2D eigenvalue weighted by Gasteiger charge is 2.33. The van der Waals surface area contributed by atoms with Gasteiger partial charge in [0.1, 0.15) is 5.76 Å². The predicted molar refractivity (Wildman–Crippen MR) is 107 cm³/mol. The molecule has 2 aliphatic heterocycles. The molecule has 154 valence electrons. The third-order valence-electron chi connectivity index (χ3n) is 5.25. The van der Waals surface area contributed by atoms with Crippen LogP contribution in [0.5, 0.6) is 0 Å². The molecule has 0 bridgehead atoms. The first-order chi connectivity index (χ1) is 13.9. The number of likely N-dealkylation sites (N-methyl/N-ethyl adjacent to an activating group) is 1. The zero-order valence-corrected chi connectivity index (χ0v) is 16.2. The second-order valence-electron chi connectivity index (χ2n) is 7.30. The number of hydrogen-bond acceptors (Lipinski definition) is 5.